The fraction of sp³-hybridized carbons (Fsp3) is 0.467. The van der Waals surface area contributed by atoms with Crippen molar-refractivity contribution in [1.82, 2.24) is 0 Å². The van der Waals surface area contributed by atoms with E-state index in [1.807, 2.05) is 6.92 Å². The lowest BCUT2D eigenvalue weighted by molar-refractivity contribution is -0.152. The van der Waals surface area contributed by atoms with Gasteiger partial charge in [0.05, 0.1) is 25.7 Å². The van der Waals surface area contributed by atoms with E-state index in [4.69, 9.17) is 18.9 Å². The van der Waals surface area contributed by atoms with E-state index in [2.05, 4.69) is 0 Å². The van der Waals surface area contributed by atoms with Crippen molar-refractivity contribution in [3.8, 4) is 34.1 Å². The number of rotatable bonds is 3. The van der Waals surface area contributed by atoms with Crippen molar-refractivity contribution in [1.29, 1.82) is 0 Å². The number of ether oxygens (including phenoxy) is 4. The largest absolute Gasteiger partial charge is 0.507 e. The topological polar surface area (TPSA) is 166 Å². The van der Waals surface area contributed by atoms with E-state index < -0.39 is 52.8 Å². The molecule has 0 spiro atoms. The van der Waals surface area contributed by atoms with Crippen molar-refractivity contribution in [3.63, 3.8) is 0 Å². The second-order valence-electron chi connectivity index (χ2n) is 11.9. The number of ketones is 2. The minimum atomic E-state index is -1.47. The van der Waals surface area contributed by atoms with Gasteiger partial charge in [-0.05, 0) is 44.5 Å². The molecule has 4 aliphatic rings. The molecule has 0 amide bonds. The Bertz CT molecular complexity index is 1540. The van der Waals surface area contributed by atoms with Crippen LogP contribution in [0.5, 0.6) is 23.0 Å². The second kappa shape index (κ2) is 8.94. The average Bonchev–Trinajstić information content (AvgIpc) is 3.39. The number of aliphatic hydroxyl groups is 1. The van der Waals surface area contributed by atoms with Gasteiger partial charge in [-0.2, -0.15) is 0 Å². The predicted molar refractivity (Wildman–Crippen MR) is 140 cm³/mol. The van der Waals surface area contributed by atoms with E-state index in [-0.39, 0.29) is 77.1 Å². The lowest BCUT2D eigenvalue weighted by Gasteiger charge is -2.41. The van der Waals surface area contributed by atoms with Crippen LogP contribution in [0, 0.1) is 12.8 Å². The Morgan fingerprint density at radius 1 is 0.829 bits per heavy atom. The van der Waals surface area contributed by atoms with Crippen LogP contribution in [0.25, 0.3) is 11.1 Å². The van der Waals surface area contributed by atoms with Crippen LogP contribution in [0.2, 0.25) is 0 Å². The van der Waals surface area contributed by atoms with E-state index in [1.54, 1.807) is 13.8 Å². The van der Waals surface area contributed by atoms with Crippen LogP contribution in [-0.2, 0) is 19.1 Å². The van der Waals surface area contributed by atoms with Crippen molar-refractivity contribution in [2.75, 3.05) is 0 Å². The standard InChI is InChI=1S/C30H30O11/c1-12-7-15(31)23-17(33)10-30(4,28-16(32)9-21(36)39-28)41-26(23)22(12)14-5-6-19-24(25(14)37)18(34)11-29(3,40-19)27-13(2)8-20(35)38-27/h5-7,13,16,27-28,31-32,37H,8-11H2,1-4H3. The van der Waals surface area contributed by atoms with Crippen LogP contribution >= 0.6 is 0 Å². The highest BCUT2D eigenvalue weighted by Gasteiger charge is 2.54. The number of Topliss-reactive ketones (excluding diaryl/α,β-unsaturated/α-hetero) is 2. The van der Waals surface area contributed by atoms with E-state index in [1.165, 1.54) is 25.1 Å². The quantitative estimate of drug-likeness (QED) is 0.467. The summed E-state index contributed by atoms with van der Waals surface area (Å²) in [6, 6.07) is 4.40. The van der Waals surface area contributed by atoms with Crippen LogP contribution in [0.3, 0.4) is 0 Å². The molecule has 0 aliphatic carbocycles. The smallest absolute Gasteiger partial charge is 0.309 e. The third-order valence-corrected chi connectivity index (χ3v) is 8.58. The normalized spacial score (nSPS) is 32.5. The maximum Gasteiger partial charge on any atom is 0.309 e. The maximum absolute atomic E-state index is 13.5. The Balaban J connectivity index is 1.45. The number of phenolic OH excluding ortho intramolecular Hbond substituents is 2. The van der Waals surface area contributed by atoms with Gasteiger partial charge in [-0.25, -0.2) is 0 Å². The number of esters is 2. The first-order valence-corrected chi connectivity index (χ1v) is 13.5. The number of benzene rings is 2. The third-order valence-electron chi connectivity index (χ3n) is 8.58. The van der Waals surface area contributed by atoms with Gasteiger partial charge in [0.15, 0.2) is 28.9 Å². The summed E-state index contributed by atoms with van der Waals surface area (Å²) in [5, 5.41) is 32.6. The van der Waals surface area contributed by atoms with Crippen molar-refractivity contribution in [2.24, 2.45) is 5.92 Å². The zero-order valence-electron chi connectivity index (χ0n) is 23.0. The van der Waals surface area contributed by atoms with Gasteiger partial charge < -0.3 is 34.3 Å². The molecule has 6 rings (SSSR count). The Morgan fingerprint density at radius 2 is 1.44 bits per heavy atom. The van der Waals surface area contributed by atoms with Gasteiger partial charge in [0.25, 0.3) is 0 Å². The number of carbonyl (C=O) groups excluding carboxylic acids is 4. The van der Waals surface area contributed by atoms with Gasteiger partial charge in [0.2, 0.25) is 0 Å². The number of cyclic esters (lactones) is 2. The molecule has 11 nitrogen and oxygen atoms in total. The van der Waals surface area contributed by atoms with Crippen molar-refractivity contribution < 1.29 is 53.4 Å². The molecule has 0 radical (unpaired) electrons. The number of aryl methyl sites for hydroxylation is 1. The Morgan fingerprint density at radius 3 is 2.05 bits per heavy atom. The minimum Gasteiger partial charge on any atom is -0.507 e. The van der Waals surface area contributed by atoms with Gasteiger partial charge in [0.1, 0.15) is 46.3 Å². The number of aromatic hydroxyl groups is 2. The second-order valence-corrected chi connectivity index (χ2v) is 11.9. The zero-order valence-corrected chi connectivity index (χ0v) is 23.0. The number of hydrogen-bond acceptors (Lipinski definition) is 11. The van der Waals surface area contributed by atoms with E-state index >= 15 is 0 Å². The highest BCUT2D eigenvalue weighted by Crippen LogP contribution is 2.53. The molecule has 6 atom stereocenters. The monoisotopic (exact) mass is 566 g/mol. The number of hydrogen-bond donors (Lipinski definition) is 3. The summed E-state index contributed by atoms with van der Waals surface area (Å²) >= 11 is 0. The van der Waals surface area contributed by atoms with Gasteiger partial charge in [-0.3, -0.25) is 19.2 Å². The molecule has 2 aromatic rings. The highest BCUT2D eigenvalue weighted by atomic mass is 16.6. The zero-order chi connectivity index (χ0) is 29.6. The van der Waals surface area contributed by atoms with Crippen LogP contribution in [0.1, 0.15) is 72.7 Å². The molecule has 0 bridgehead atoms. The van der Waals surface area contributed by atoms with Crippen LogP contribution in [-0.4, -0.2) is 68.3 Å². The molecule has 6 unspecified atom stereocenters. The predicted octanol–water partition coefficient (Wildman–Crippen LogP) is 3.15. The van der Waals surface area contributed by atoms with Crippen LogP contribution < -0.4 is 9.47 Å². The number of aliphatic hydroxyl groups excluding tert-OH is 1. The first-order valence-electron chi connectivity index (χ1n) is 13.5. The number of carbonyl (C=O) groups is 4. The van der Waals surface area contributed by atoms with Crippen molar-refractivity contribution in [2.45, 2.75) is 82.9 Å². The van der Waals surface area contributed by atoms with Crippen molar-refractivity contribution in [3.05, 3.63) is 34.9 Å². The number of phenols is 2. The summed E-state index contributed by atoms with van der Waals surface area (Å²) in [4.78, 5) is 50.6. The fourth-order valence-corrected chi connectivity index (χ4v) is 6.77. The summed E-state index contributed by atoms with van der Waals surface area (Å²) in [6.45, 7) is 6.72. The fourth-order valence-electron chi connectivity index (χ4n) is 6.77. The number of fused-ring (bicyclic) bond motifs is 2. The van der Waals surface area contributed by atoms with E-state index in [0.29, 0.717) is 5.56 Å². The first-order chi connectivity index (χ1) is 19.2. The summed E-state index contributed by atoms with van der Waals surface area (Å²) < 4.78 is 23.3. The minimum absolute atomic E-state index is 0.0626. The van der Waals surface area contributed by atoms with Gasteiger partial charge in [0, 0.05) is 17.0 Å². The van der Waals surface area contributed by atoms with Crippen molar-refractivity contribution >= 4 is 23.5 Å². The molecule has 2 aromatic carbocycles. The van der Waals surface area contributed by atoms with Crippen LogP contribution in [0.15, 0.2) is 18.2 Å². The molecule has 4 aliphatic heterocycles. The summed E-state index contributed by atoms with van der Waals surface area (Å²) in [5.41, 5.74) is -1.96. The molecule has 11 heteroatoms. The maximum atomic E-state index is 13.5. The molecule has 216 valence electrons. The summed E-state index contributed by atoms with van der Waals surface area (Å²) in [5.74, 6) is -2.76. The molecule has 0 saturated carbocycles. The van der Waals surface area contributed by atoms with Gasteiger partial charge in [-0.1, -0.05) is 6.92 Å². The summed E-state index contributed by atoms with van der Waals surface area (Å²) in [6.07, 6.45) is -3.44. The lowest BCUT2D eigenvalue weighted by Crippen LogP contribution is -2.53. The Kier molecular flexibility index (Phi) is 5.90. The highest BCUT2D eigenvalue weighted by molar-refractivity contribution is 6.08. The summed E-state index contributed by atoms with van der Waals surface area (Å²) in [7, 11) is 0. The van der Waals surface area contributed by atoms with Crippen LogP contribution in [0.4, 0.5) is 0 Å². The molecule has 2 saturated heterocycles. The Hall–Kier alpha value is -4.12. The molecular weight excluding hydrogens is 536 g/mol. The molecule has 41 heavy (non-hydrogen) atoms. The molecule has 4 heterocycles. The Labute approximate surface area is 235 Å². The molecule has 0 aromatic heterocycles. The van der Waals surface area contributed by atoms with Gasteiger partial charge in [-0.15, -0.1) is 0 Å². The first kappa shape index (κ1) is 27.1. The van der Waals surface area contributed by atoms with Gasteiger partial charge >= 0.3 is 11.9 Å². The molecule has 2 fully saturated rings. The molecular formula is C30H30O11. The van der Waals surface area contributed by atoms with E-state index in [9.17, 15) is 34.5 Å². The van der Waals surface area contributed by atoms with E-state index in [0.717, 1.165) is 0 Å². The average molecular weight is 567 g/mol. The molecule has 3 N–H and O–H groups in total. The third kappa shape index (κ3) is 4.05. The lowest BCUT2D eigenvalue weighted by atomic mass is 9.80. The SMILES string of the molecule is Cc1cc(O)c2c(c1-c1ccc3c(c1O)C(=O)CC(C)(C1OC(=O)CC1C)O3)OC(C)(C1OC(=O)CC1O)CC2=O.